The van der Waals surface area contributed by atoms with Crippen LogP contribution in [0.1, 0.15) is 12.2 Å². The second-order valence-corrected chi connectivity index (χ2v) is 4.21. The van der Waals surface area contributed by atoms with Gasteiger partial charge in [-0.2, -0.15) is 0 Å². The van der Waals surface area contributed by atoms with E-state index in [1.165, 1.54) is 4.80 Å². The highest BCUT2D eigenvalue weighted by molar-refractivity contribution is 5.48. The van der Waals surface area contributed by atoms with Crippen LogP contribution in [0.25, 0.3) is 5.69 Å². The van der Waals surface area contributed by atoms with Crippen molar-refractivity contribution in [1.29, 1.82) is 0 Å². The van der Waals surface area contributed by atoms with E-state index in [0.717, 1.165) is 23.6 Å². The van der Waals surface area contributed by atoms with Crippen LogP contribution < -0.4 is 14.8 Å². The zero-order chi connectivity index (χ0) is 13.1. The van der Waals surface area contributed by atoms with E-state index in [0.29, 0.717) is 25.6 Å². The van der Waals surface area contributed by atoms with Gasteiger partial charge in [0.25, 0.3) is 0 Å². The number of rotatable bonds is 3. The van der Waals surface area contributed by atoms with Crippen LogP contribution in [0.2, 0.25) is 0 Å². The van der Waals surface area contributed by atoms with Crippen LogP contribution >= 0.6 is 0 Å². The lowest BCUT2D eigenvalue weighted by Gasteiger charge is -2.08. The first-order chi connectivity index (χ1) is 9.36. The maximum atomic E-state index is 5.64. The Morgan fingerprint density at radius 3 is 2.95 bits per heavy atom. The molecule has 0 radical (unpaired) electrons. The molecule has 0 saturated heterocycles. The van der Waals surface area contributed by atoms with Gasteiger partial charge >= 0.3 is 0 Å². The normalized spacial score (nSPS) is 14.2. The molecule has 1 aliphatic rings. The van der Waals surface area contributed by atoms with E-state index >= 15 is 0 Å². The number of aromatic nitrogens is 4. The van der Waals surface area contributed by atoms with E-state index in [1.54, 1.807) is 0 Å². The van der Waals surface area contributed by atoms with Crippen molar-refractivity contribution < 1.29 is 9.47 Å². The summed E-state index contributed by atoms with van der Waals surface area (Å²) in [6.45, 7) is 1.93. The minimum atomic E-state index is 0.588. The van der Waals surface area contributed by atoms with Crippen molar-refractivity contribution in [1.82, 2.24) is 25.5 Å². The number of hydrogen-bond acceptors (Lipinski definition) is 6. The summed E-state index contributed by atoms with van der Waals surface area (Å²) in [5.41, 5.74) is 0.805. The van der Waals surface area contributed by atoms with E-state index < -0.39 is 0 Å². The minimum absolute atomic E-state index is 0.588. The van der Waals surface area contributed by atoms with Crippen molar-refractivity contribution in [2.24, 2.45) is 0 Å². The molecule has 0 aliphatic carbocycles. The van der Waals surface area contributed by atoms with Gasteiger partial charge in [-0.15, -0.1) is 15.0 Å². The Morgan fingerprint density at radius 1 is 1.26 bits per heavy atom. The van der Waals surface area contributed by atoms with Gasteiger partial charge < -0.3 is 14.8 Å². The monoisotopic (exact) mass is 261 g/mol. The van der Waals surface area contributed by atoms with Gasteiger partial charge in [-0.1, -0.05) is 0 Å². The van der Waals surface area contributed by atoms with Crippen LogP contribution in [0.5, 0.6) is 11.5 Å². The van der Waals surface area contributed by atoms with Crippen molar-refractivity contribution in [2.45, 2.75) is 13.0 Å². The van der Waals surface area contributed by atoms with Crippen LogP contribution in [0.4, 0.5) is 0 Å². The summed E-state index contributed by atoms with van der Waals surface area (Å²) < 4.78 is 11.2. The van der Waals surface area contributed by atoms with E-state index in [2.05, 4.69) is 20.7 Å². The largest absolute Gasteiger partial charge is 0.490 e. The quantitative estimate of drug-likeness (QED) is 0.869. The van der Waals surface area contributed by atoms with Crippen LogP contribution in [-0.2, 0) is 6.54 Å². The SMILES string of the molecule is CNCc1nnn(-c2ccc3c(c2)OCCCO3)n1. The molecule has 0 spiro atoms. The molecule has 1 N–H and O–H groups in total. The Hall–Kier alpha value is -2.15. The van der Waals surface area contributed by atoms with Gasteiger partial charge in [-0.05, 0) is 24.4 Å². The fourth-order valence-electron chi connectivity index (χ4n) is 1.86. The average Bonchev–Trinajstić information content (AvgIpc) is 2.76. The van der Waals surface area contributed by atoms with Crippen LogP contribution in [-0.4, -0.2) is 40.5 Å². The van der Waals surface area contributed by atoms with E-state index in [9.17, 15) is 0 Å². The summed E-state index contributed by atoms with van der Waals surface area (Å²) in [6, 6.07) is 5.63. The van der Waals surface area contributed by atoms with Crippen molar-refractivity contribution >= 4 is 0 Å². The predicted molar refractivity (Wildman–Crippen MR) is 67.5 cm³/mol. The average molecular weight is 261 g/mol. The summed E-state index contributed by atoms with van der Waals surface area (Å²) >= 11 is 0. The third kappa shape index (κ3) is 2.50. The fraction of sp³-hybridized carbons (Fsp3) is 0.417. The molecule has 0 saturated carbocycles. The van der Waals surface area contributed by atoms with Crippen LogP contribution in [0.15, 0.2) is 18.2 Å². The third-order valence-electron chi connectivity index (χ3n) is 2.75. The Labute approximate surface area is 110 Å². The predicted octanol–water partition coefficient (Wildman–Crippen LogP) is 0.543. The number of hydrogen-bond donors (Lipinski definition) is 1. The first kappa shape index (κ1) is 11.9. The molecule has 1 aromatic heterocycles. The fourth-order valence-corrected chi connectivity index (χ4v) is 1.86. The second kappa shape index (κ2) is 5.23. The zero-order valence-corrected chi connectivity index (χ0v) is 10.7. The number of nitrogens with one attached hydrogen (secondary N) is 1. The highest BCUT2D eigenvalue weighted by atomic mass is 16.5. The number of fused-ring (bicyclic) bond motifs is 1. The molecule has 3 rings (SSSR count). The van der Waals surface area contributed by atoms with E-state index in [4.69, 9.17) is 9.47 Å². The summed E-state index contributed by atoms with van der Waals surface area (Å²) in [5, 5.41) is 15.2. The molecule has 1 aliphatic heterocycles. The summed E-state index contributed by atoms with van der Waals surface area (Å²) in [7, 11) is 1.84. The molecule has 7 nitrogen and oxygen atoms in total. The smallest absolute Gasteiger partial charge is 0.188 e. The third-order valence-corrected chi connectivity index (χ3v) is 2.75. The lowest BCUT2D eigenvalue weighted by molar-refractivity contribution is 0.297. The standard InChI is InChI=1S/C12H15N5O2/c1-13-8-12-14-16-17(15-12)9-3-4-10-11(7-9)19-6-2-5-18-10/h3-4,7,13H,2,5-6,8H2,1H3. The van der Waals surface area contributed by atoms with Gasteiger partial charge in [0.05, 0.1) is 25.4 Å². The lowest BCUT2D eigenvalue weighted by atomic mass is 10.3. The molecule has 100 valence electrons. The maximum absolute atomic E-state index is 5.64. The van der Waals surface area contributed by atoms with Crippen molar-refractivity contribution in [3.8, 4) is 17.2 Å². The molecule has 2 aromatic rings. The molecule has 0 unspecified atom stereocenters. The Kier molecular flexibility index (Phi) is 3.28. The van der Waals surface area contributed by atoms with Gasteiger partial charge in [0.15, 0.2) is 17.3 Å². The van der Waals surface area contributed by atoms with Crippen LogP contribution in [0, 0.1) is 0 Å². The molecular formula is C12H15N5O2. The summed E-state index contributed by atoms with van der Waals surface area (Å²) in [4.78, 5) is 1.49. The van der Waals surface area contributed by atoms with Gasteiger partial charge in [0.2, 0.25) is 0 Å². The first-order valence-electron chi connectivity index (χ1n) is 6.20. The summed E-state index contributed by atoms with van der Waals surface area (Å²) in [6.07, 6.45) is 0.887. The minimum Gasteiger partial charge on any atom is -0.490 e. The topological polar surface area (TPSA) is 74.1 Å². The molecule has 0 atom stereocenters. The molecular weight excluding hydrogens is 246 g/mol. The van der Waals surface area contributed by atoms with Crippen molar-refractivity contribution in [2.75, 3.05) is 20.3 Å². The second-order valence-electron chi connectivity index (χ2n) is 4.21. The molecule has 0 amide bonds. The van der Waals surface area contributed by atoms with Gasteiger partial charge in [-0.25, -0.2) is 0 Å². The Bertz CT molecular complexity index is 569. The molecule has 2 heterocycles. The lowest BCUT2D eigenvalue weighted by Crippen LogP contribution is -2.07. The maximum Gasteiger partial charge on any atom is 0.188 e. The van der Waals surface area contributed by atoms with Gasteiger partial charge in [-0.3, -0.25) is 0 Å². The van der Waals surface area contributed by atoms with E-state index in [1.807, 2.05) is 25.2 Å². The molecule has 0 bridgehead atoms. The van der Waals surface area contributed by atoms with Crippen molar-refractivity contribution in [3.05, 3.63) is 24.0 Å². The summed E-state index contributed by atoms with van der Waals surface area (Å²) in [5.74, 6) is 2.13. The molecule has 19 heavy (non-hydrogen) atoms. The van der Waals surface area contributed by atoms with Crippen molar-refractivity contribution in [3.63, 3.8) is 0 Å². The molecule has 0 fully saturated rings. The highest BCUT2D eigenvalue weighted by Crippen LogP contribution is 2.31. The van der Waals surface area contributed by atoms with Gasteiger partial charge in [0.1, 0.15) is 0 Å². The number of ether oxygens (including phenoxy) is 2. The highest BCUT2D eigenvalue weighted by Gasteiger charge is 2.12. The van der Waals surface area contributed by atoms with Crippen LogP contribution in [0.3, 0.4) is 0 Å². The number of benzene rings is 1. The Morgan fingerprint density at radius 2 is 2.11 bits per heavy atom. The van der Waals surface area contributed by atoms with Gasteiger partial charge in [0, 0.05) is 12.5 Å². The Balaban J connectivity index is 1.89. The molecule has 7 heteroatoms. The van der Waals surface area contributed by atoms with E-state index in [-0.39, 0.29) is 0 Å². The zero-order valence-electron chi connectivity index (χ0n) is 10.7. The first-order valence-corrected chi connectivity index (χ1v) is 6.20. The molecule has 1 aromatic carbocycles. The number of tetrazole rings is 1. The number of nitrogens with zero attached hydrogens (tertiary/aromatic N) is 4.